The molecule has 0 bridgehead atoms. The van der Waals surface area contributed by atoms with Crippen molar-refractivity contribution in [2.45, 2.75) is 45.8 Å². The summed E-state index contributed by atoms with van der Waals surface area (Å²) >= 11 is 0. The number of hydrogen-bond donors (Lipinski definition) is 1. The zero-order valence-corrected chi connectivity index (χ0v) is 16.7. The van der Waals surface area contributed by atoms with Crippen LogP contribution in [0.15, 0.2) is 42.5 Å². The van der Waals surface area contributed by atoms with E-state index in [4.69, 9.17) is 14.2 Å². The van der Waals surface area contributed by atoms with Gasteiger partial charge in [0.2, 0.25) is 0 Å². The molecular weight excluding hydrogens is 342 g/mol. The van der Waals surface area contributed by atoms with Crippen LogP contribution in [0.4, 0.5) is 0 Å². The molecule has 5 nitrogen and oxygen atoms in total. The molecule has 0 saturated carbocycles. The van der Waals surface area contributed by atoms with Crippen molar-refractivity contribution in [3.05, 3.63) is 53.6 Å². The van der Waals surface area contributed by atoms with Gasteiger partial charge in [0.25, 0.3) is 5.91 Å². The van der Waals surface area contributed by atoms with Crippen molar-refractivity contribution in [3.63, 3.8) is 0 Å². The van der Waals surface area contributed by atoms with Crippen molar-refractivity contribution in [2.75, 3.05) is 14.2 Å². The van der Waals surface area contributed by atoms with Gasteiger partial charge in [0, 0.05) is 5.56 Å². The van der Waals surface area contributed by atoms with E-state index in [1.54, 1.807) is 14.2 Å². The van der Waals surface area contributed by atoms with E-state index in [1.807, 2.05) is 56.3 Å². The van der Waals surface area contributed by atoms with Gasteiger partial charge in [-0.3, -0.25) is 4.79 Å². The third-order valence-corrected chi connectivity index (χ3v) is 4.54. The van der Waals surface area contributed by atoms with Crippen molar-refractivity contribution >= 4 is 5.91 Å². The van der Waals surface area contributed by atoms with Gasteiger partial charge in [-0.15, -0.1) is 0 Å². The van der Waals surface area contributed by atoms with Crippen molar-refractivity contribution in [3.8, 4) is 17.2 Å². The highest BCUT2D eigenvalue weighted by Gasteiger charge is 2.22. The predicted octanol–water partition coefficient (Wildman–Crippen LogP) is 4.30. The molecule has 2 aromatic rings. The molecule has 0 aliphatic carbocycles. The second kappa shape index (κ2) is 9.86. The van der Waals surface area contributed by atoms with Crippen LogP contribution >= 0.6 is 0 Å². The monoisotopic (exact) mass is 371 g/mol. The Labute approximate surface area is 161 Å². The summed E-state index contributed by atoms with van der Waals surface area (Å²) < 4.78 is 16.6. The Morgan fingerprint density at radius 1 is 1.00 bits per heavy atom. The van der Waals surface area contributed by atoms with E-state index in [0.29, 0.717) is 23.7 Å². The molecular formula is C22H29NO4. The average molecular weight is 371 g/mol. The number of hydrogen-bond acceptors (Lipinski definition) is 4. The first-order valence-corrected chi connectivity index (χ1v) is 9.30. The molecule has 0 aromatic heterocycles. The summed E-state index contributed by atoms with van der Waals surface area (Å²) in [6.45, 7) is 5.95. The van der Waals surface area contributed by atoms with Crippen molar-refractivity contribution in [2.24, 2.45) is 0 Å². The second-order valence-corrected chi connectivity index (χ2v) is 6.35. The van der Waals surface area contributed by atoms with Gasteiger partial charge in [-0.2, -0.15) is 0 Å². The zero-order chi connectivity index (χ0) is 19.8. The van der Waals surface area contributed by atoms with E-state index in [2.05, 4.69) is 12.2 Å². The molecule has 0 aliphatic rings. The quantitative estimate of drug-likeness (QED) is 0.714. The highest BCUT2D eigenvalue weighted by atomic mass is 16.5. The highest BCUT2D eigenvalue weighted by Crippen LogP contribution is 2.29. The minimum Gasteiger partial charge on any atom is -0.497 e. The van der Waals surface area contributed by atoms with Crippen LogP contribution in [0.1, 0.15) is 44.4 Å². The lowest BCUT2D eigenvalue weighted by molar-refractivity contribution is -0.128. The van der Waals surface area contributed by atoms with Gasteiger partial charge >= 0.3 is 0 Å². The van der Waals surface area contributed by atoms with Gasteiger partial charge < -0.3 is 19.5 Å². The first-order chi connectivity index (χ1) is 13.0. The Hall–Kier alpha value is -2.69. The van der Waals surface area contributed by atoms with Gasteiger partial charge in [0.15, 0.2) is 6.10 Å². The van der Waals surface area contributed by atoms with Gasteiger partial charge in [-0.1, -0.05) is 26.0 Å². The molecule has 0 fully saturated rings. The Morgan fingerprint density at radius 2 is 1.67 bits per heavy atom. The Bertz CT molecular complexity index is 742. The maximum absolute atomic E-state index is 12.7. The standard InChI is InChI=1S/C22H29NO4/c1-6-16-8-10-17(11-9-16)27-20(7-2)22(24)23-15(3)19-14-18(25-4)12-13-21(19)26-5/h8-15,20H,6-7H2,1-5H3,(H,23,24)/t15-,20-/m1/s1. The van der Waals surface area contributed by atoms with Crippen LogP contribution in [-0.2, 0) is 11.2 Å². The highest BCUT2D eigenvalue weighted by molar-refractivity contribution is 5.81. The molecule has 146 valence electrons. The predicted molar refractivity (Wildman–Crippen MR) is 107 cm³/mol. The fourth-order valence-electron chi connectivity index (χ4n) is 2.85. The summed E-state index contributed by atoms with van der Waals surface area (Å²) in [4.78, 5) is 12.7. The molecule has 2 rings (SSSR count). The summed E-state index contributed by atoms with van der Waals surface area (Å²) in [6.07, 6.45) is 0.984. The summed E-state index contributed by atoms with van der Waals surface area (Å²) in [5.74, 6) is 1.95. The van der Waals surface area contributed by atoms with Gasteiger partial charge in [0.05, 0.1) is 20.3 Å². The second-order valence-electron chi connectivity index (χ2n) is 6.35. The number of aryl methyl sites for hydroxylation is 1. The van der Waals surface area contributed by atoms with Gasteiger partial charge in [-0.05, 0) is 55.7 Å². The Balaban J connectivity index is 2.08. The Morgan fingerprint density at radius 3 is 2.22 bits per heavy atom. The summed E-state index contributed by atoms with van der Waals surface area (Å²) in [7, 11) is 3.22. The molecule has 27 heavy (non-hydrogen) atoms. The molecule has 1 N–H and O–H groups in total. The number of nitrogens with one attached hydrogen (secondary N) is 1. The average Bonchev–Trinajstić information content (AvgIpc) is 2.71. The maximum Gasteiger partial charge on any atom is 0.261 e. The number of rotatable bonds is 9. The van der Waals surface area contributed by atoms with Crippen LogP contribution in [0.25, 0.3) is 0 Å². The summed E-state index contributed by atoms with van der Waals surface area (Å²) in [5.41, 5.74) is 2.09. The molecule has 0 unspecified atom stereocenters. The van der Waals surface area contributed by atoms with E-state index in [-0.39, 0.29) is 11.9 Å². The van der Waals surface area contributed by atoms with Crippen LogP contribution in [0.3, 0.4) is 0 Å². The molecule has 0 aliphatic heterocycles. The maximum atomic E-state index is 12.7. The minimum atomic E-state index is -0.559. The third kappa shape index (κ3) is 5.39. The third-order valence-electron chi connectivity index (χ3n) is 4.54. The molecule has 0 saturated heterocycles. The van der Waals surface area contributed by atoms with Crippen LogP contribution in [-0.4, -0.2) is 26.2 Å². The van der Waals surface area contributed by atoms with E-state index < -0.39 is 6.10 Å². The number of methoxy groups -OCH3 is 2. The van der Waals surface area contributed by atoms with Crippen LogP contribution in [0, 0.1) is 0 Å². The van der Waals surface area contributed by atoms with Gasteiger partial charge in [-0.25, -0.2) is 0 Å². The number of carbonyl (C=O) groups excluding carboxylic acids is 1. The van der Waals surface area contributed by atoms with E-state index in [1.165, 1.54) is 5.56 Å². The SMILES string of the molecule is CCc1ccc(O[C@H](CC)C(=O)N[C@H](C)c2cc(OC)ccc2OC)cc1. The first kappa shape index (κ1) is 20.6. The van der Waals surface area contributed by atoms with Crippen LogP contribution in [0.5, 0.6) is 17.2 Å². The molecule has 1 amide bonds. The van der Waals surface area contributed by atoms with Crippen molar-refractivity contribution in [1.29, 1.82) is 0 Å². The van der Waals surface area contributed by atoms with E-state index in [0.717, 1.165) is 12.0 Å². The number of ether oxygens (including phenoxy) is 3. The zero-order valence-electron chi connectivity index (χ0n) is 16.7. The first-order valence-electron chi connectivity index (χ1n) is 9.30. The fraction of sp³-hybridized carbons (Fsp3) is 0.409. The molecule has 2 atom stereocenters. The number of benzene rings is 2. The lowest BCUT2D eigenvalue weighted by Gasteiger charge is -2.22. The van der Waals surface area contributed by atoms with Gasteiger partial charge in [0.1, 0.15) is 17.2 Å². The normalized spacial score (nSPS) is 12.8. The Kier molecular flexibility index (Phi) is 7.53. The summed E-state index contributed by atoms with van der Waals surface area (Å²) in [6, 6.07) is 13.1. The number of carbonyl (C=O) groups is 1. The van der Waals surface area contributed by atoms with Crippen molar-refractivity contribution < 1.29 is 19.0 Å². The van der Waals surface area contributed by atoms with Crippen molar-refractivity contribution in [1.82, 2.24) is 5.32 Å². The molecule has 0 radical (unpaired) electrons. The van der Waals surface area contributed by atoms with Crippen LogP contribution in [0.2, 0.25) is 0 Å². The van der Waals surface area contributed by atoms with E-state index in [9.17, 15) is 4.79 Å². The fourth-order valence-corrected chi connectivity index (χ4v) is 2.85. The van der Waals surface area contributed by atoms with Crippen LogP contribution < -0.4 is 19.5 Å². The lowest BCUT2D eigenvalue weighted by Crippen LogP contribution is -2.39. The molecule has 0 spiro atoms. The number of amides is 1. The smallest absolute Gasteiger partial charge is 0.261 e. The topological polar surface area (TPSA) is 56.8 Å². The molecule has 5 heteroatoms. The lowest BCUT2D eigenvalue weighted by atomic mass is 10.1. The molecule has 0 heterocycles. The molecule has 2 aromatic carbocycles. The largest absolute Gasteiger partial charge is 0.497 e. The summed E-state index contributed by atoms with van der Waals surface area (Å²) in [5, 5.41) is 3.02. The van der Waals surface area contributed by atoms with E-state index >= 15 is 0 Å². The minimum absolute atomic E-state index is 0.158.